The van der Waals surface area contributed by atoms with Crippen molar-refractivity contribution < 1.29 is 4.74 Å². The summed E-state index contributed by atoms with van der Waals surface area (Å²) in [7, 11) is 1.64. The molecule has 0 spiro atoms. The lowest BCUT2D eigenvalue weighted by Gasteiger charge is -2.05. The van der Waals surface area contributed by atoms with Crippen molar-refractivity contribution in [3.8, 4) is 17.1 Å². The highest BCUT2D eigenvalue weighted by Crippen LogP contribution is 2.23. The number of thioether (sulfide) groups is 1. The molecule has 0 aliphatic carbocycles. The third-order valence-corrected chi connectivity index (χ3v) is 4.33. The number of pyridine rings is 1. The number of ether oxygens (including phenoxy) is 1. The van der Waals surface area contributed by atoms with Gasteiger partial charge in [0.1, 0.15) is 5.75 Å². The van der Waals surface area contributed by atoms with Crippen LogP contribution in [0.4, 0.5) is 0 Å². The quantitative estimate of drug-likeness (QED) is 0.553. The molecule has 3 rings (SSSR count). The standard InChI is InChI=1S/C16H17N5OS/c1-22-14-4-2-13(3-5-14)15-19-20-16(21(15)17)23-11-8-12-6-9-18-10-7-12/h2-7,9-10H,8,11,17H2,1H3. The van der Waals surface area contributed by atoms with Crippen molar-refractivity contribution >= 4 is 11.8 Å². The highest BCUT2D eigenvalue weighted by Gasteiger charge is 2.12. The Balaban J connectivity index is 1.66. The highest BCUT2D eigenvalue weighted by molar-refractivity contribution is 7.99. The second kappa shape index (κ2) is 7.15. The summed E-state index contributed by atoms with van der Waals surface area (Å²) in [4.78, 5) is 4.01. The number of aromatic nitrogens is 4. The van der Waals surface area contributed by atoms with Gasteiger partial charge in [-0.25, -0.2) is 4.68 Å². The molecule has 118 valence electrons. The van der Waals surface area contributed by atoms with Crippen LogP contribution in [-0.2, 0) is 6.42 Å². The van der Waals surface area contributed by atoms with E-state index in [0.29, 0.717) is 11.0 Å². The number of nitrogens with two attached hydrogens (primary N) is 1. The molecule has 0 atom stereocenters. The Hall–Kier alpha value is -2.54. The van der Waals surface area contributed by atoms with Crippen molar-refractivity contribution in [1.29, 1.82) is 0 Å². The van der Waals surface area contributed by atoms with Gasteiger partial charge in [-0.1, -0.05) is 11.8 Å². The van der Waals surface area contributed by atoms with Gasteiger partial charge in [-0.15, -0.1) is 10.2 Å². The zero-order valence-electron chi connectivity index (χ0n) is 12.7. The fourth-order valence-corrected chi connectivity index (χ4v) is 2.97. The summed E-state index contributed by atoms with van der Waals surface area (Å²) in [6.07, 6.45) is 4.53. The Kier molecular flexibility index (Phi) is 4.77. The Labute approximate surface area is 138 Å². The Morgan fingerprint density at radius 3 is 2.52 bits per heavy atom. The minimum Gasteiger partial charge on any atom is -0.497 e. The summed E-state index contributed by atoms with van der Waals surface area (Å²) in [5, 5.41) is 9.06. The van der Waals surface area contributed by atoms with E-state index in [-0.39, 0.29) is 0 Å². The number of hydrogen-bond donors (Lipinski definition) is 1. The number of hydrogen-bond acceptors (Lipinski definition) is 6. The monoisotopic (exact) mass is 327 g/mol. The number of benzene rings is 1. The summed E-state index contributed by atoms with van der Waals surface area (Å²) < 4.78 is 6.68. The van der Waals surface area contributed by atoms with E-state index in [0.717, 1.165) is 23.5 Å². The molecule has 0 unspecified atom stereocenters. The van der Waals surface area contributed by atoms with E-state index in [4.69, 9.17) is 10.6 Å². The zero-order valence-corrected chi connectivity index (χ0v) is 13.5. The van der Waals surface area contributed by atoms with Gasteiger partial charge in [0, 0.05) is 23.7 Å². The Morgan fingerprint density at radius 2 is 1.83 bits per heavy atom. The fraction of sp³-hybridized carbons (Fsp3) is 0.188. The molecule has 2 heterocycles. The molecule has 0 saturated heterocycles. The van der Waals surface area contributed by atoms with Crippen LogP contribution in [-0.4, -0.2) is 32.7 Å². The molecule has 6 nitrogen and oxygen atoms in total. The average Bonchev–Trinajstić information content (AvgIpc) is 2.97. The van der Waals surface area contributed by atoms with E-state index < -0.39 is 0 Å². The van der Waals surface area contributed by atoms with Crippen molar-refractivity contribution in [3.63, 3.8) is 0 Å². The molecule has 7 heteroatoms. The molecule has 2 N–H and O–H groups in total. The van der Waals surface area contributed by atoms with Gasteiger partial charge in [-0.3, -0.25) is 4.98 Å². The molecule has 0 amide bonds. The first-order valence-electron chi connectivity index (χ1n) is 7.14. The molecule has 0 aliphatic rings. The molecular formula is C16H17N5OS. The average molecular weight is 327 g/mol. The summed E-state index contributed by atoms with van der Waals surface area (Å²) in [5.74, 6) is 8.43. The topological polar surface area (TPSA) is 78.9 Å². The minimum absolute atomic E-state index is 0.638. The normalized spacial score (nSPS) is 10.7. The van der Waals surface area contributed by atoms with Crippen molar-refractivity contribution in [2.24, 2.45) is 0 Å². The SMILES string of the molecule is COc1ccc(-c2nnc(SCCc3ccncc3)n2N)cc1. The van der Waals surface area contributed by atoms with Crippen molar-refractivity contribution in [1.82, 2.24) is 19.9 Å². The van der Waals surface area contributed by atoms with Crippen LogP contribution in [0.2, 0.25) is 0 Å². The lowest BCUT2D eigenvalue weighted by Crippen LogP contribution is -2.11. The first-order chi connectivity index (χ1) is 11.3. The van der Waals surface area contributed by atoms with Crippen LogP contribution in [0.15, 0.2) is 53.9 Å². The van der Waals surface area contributed by atoms with Gasteiger partial charge in [0.05, 0.1) is 7.11 Å². The number of nitrogens with zero attached hydrogens (tertiary/aromatic N) is 4. The van der Waals surface area contributed by atoms with Gasteiger partial charge in [-0.05, 0) is 48.4 Å². The summed E-state index contributed by atoms with van der Waals surface area (Å²) in [6.45, 7) is 0. The highest BCUT2D eigenvalue weighted by atomic mass is 32.2. The molecule has 1 aromatic carbocycles. The molecule has 0 fully saturated rings. The zero-order chi connectivity index (χ0) is 16.1. The van der Waals surface area contributed by atoms with Crippen LogP contribution < -0.4 is 10.6 Å². The van der Waals surface area contributed by atoms with Gasteiger partial charge in [-0.2, -0.15) is 0 Å². The second-order valence-electron chi connectivity index (χ2n) is 4.86. The maximum atomic E-state index is 6.11. The van der Waals surface area contributed by atoms with Gasteiger partial charge in [0.25, 0.3) is 0 Å². The van der Waals surface area contributed by atoms with Gasteiger partial charge < -0.3 is 10.6 Å². The summed E-state index contributed by atoms with van der Waals surface area (Å²) in [6, 6.07) is 11.6. The number of aryl methyl sites for hydroxylation is 1. The van der Waals surface area contributed by atoms with E-state index in [1.165, 1.54) is 10.2 Å². The number of rotatable bonds is 6. The third kappa shape index (κ3) is 3.62. The van der Waals surface area contributed by atoms with E-state index in [1.54, 1.807) is 31.3 Å². The van der Waals surface area contributed by atoms with Gasteiger partial charge in [0.15, 0.2) is 5.82 Å². The summed E-state index contributed by atoms with van der Waals surface area (Å²) >= 11 is 1.58. The summed E-state index contributed by atoms with van der Waals surface area (Å²) in [5.41, 5.74) is 2.15. The third-order valence-electron chi connectivity index (χ3n) is 3.38. The van der Waals surface area contributed by atoms with Crippen LogP contribution in [0.3, 0.4) is 0 Å². The molecule has 0 saturated carbocycles. The molecule has 23 heavy (non-hydrogen) atoms. The van der Waals surface area contributed by atoms with E-state index in [9.17, 15) is 0 Å². The minimum atomic E-state index is 0.638. The molecule has 2 aromatic heterocycles. The van der Waals surface area contributed by atoms with E-state index in [2.05, 4.69) is 15.2 Å². The predicted molar refractivity (Wildman–Crippen MR) is 90.8 cm³/mol. The van der Waals surface area contributed by atoms with Crippen LogP contribution in [0.1, 0.15) is 5.56 Å². The van der Waals surface area contributed by atoms with Crippen LogP contribution in [0, 0.1) is 0 Å². The fourth-order valence-electron chi connectivity index (χ4n) is 2.12. The van der Waals surface area contributed by atoms with Crippen molar-refractivity contribution in [2.75, 3.05) is 18.7 Å². The first kappa shape index (κ1) is 15.4. The molecule has 3 aromatic rings. The Morgan fingerprint density at radius 1 is 1.09 bits per heavy atom. The lowest BCUT2D eigenvalue weighted by molar-refractivity contribution is 0.415. The maximum absolute atomic E-state index is 6.11. The predicted octanol–water partition coefficient (Wildman–Crippen LogP) is 2.40. The van der Waals surface area contributed by atoms with Gasteiger partial charge in [0.2, 0.25) is 5.16 Å². The van der Waals surface area contributed by atoms with Crippen LogP contribution in [0.25, 0.3) is 11.4 Å². The van der Waals surface area contributed by atoms with E-state index >= 15 is 0 Å². The molecule has 0 radical (unpaired) electrons. The smallest absolute Gasteiger partial charge is 0.210 e. The number of methoxy groups -OCH3 is 1. The van der Waals surface area contributed by atoms with E-state index in [1.807, 2.05) is 36.4 Å². The lowest BCUT2D eigenvalue weighted by atomic mass is 10.2. The first-order valence-corrected chi connectivity index (χ1v) is 8.13. The molecular weight excluding hydrogens is 310 g/mol. The van der Waals surface area contributed by atoms with Gasteiger partial charge >= 0.3 is 0 Å². The largest absolute Gasteiger partial charge is 0.497 e. The van der Waals surface area contributed by atoms with Crippen molar-refractivity contribution in [2.45, 2.75) is 11.6 Å². The van der Waals surface area contributed by atoms with Crippen LogP contribution in [0.5, 0.6) is 5.75 Å². The van der Waals surface area contributed by atoms with Crippen LogP contribution >= 0.6 is 11.8 Å². The van der Waals surface area contributed by atoms with Crippen molar-refractivity contribution in [3.05, 3.63) is 54.4 Å². The maximum Gasteiger partial charge on any atom is 0.210 e. The Bertz CT molecular complexity index is 758. The molecule has 0 bridgehead atoms. The molecule has 0 aliphatic heterocycles. The second-order valence-corrected chi connectivity index (χ2v) is 5.92. The number of nitrogen functional groups attached to an aromatic ring is 1.